The Morgan fingerprint density at radius 3 is 2.86 bits per heavy atom. The lowest BCUT2D eigenvalue weighted by Gasteiger charge is -2.33. The van der Waals surface area contributed by atoms with Crippen LogP contribution in [0.2, 0.25) is 0 Å². The summed E-state index contributed by atoms with van der Waals surface area (Å²) >= 11 is 0. The predicted octanol–water partition coefficient (Wildman–Crippen LogP) is 3.92. The van der Waals surface area contributed by atoms with Gasteiger partial charge < -0.3 is 13.8 Å². The molecule has 1 atom stereocenters. The molecule has 0 radical (unpaired) electrons. The summed E-state index contributed by atoms with van der Waals surface area (Å²) in [5.74, 6) is 1.34. The van der Waals surface area contributed by atoms with E-state index in [2.05, 4.69) is 20.3 Å². The predicted molar refractivity (Wildman–Crippen MR) is 100 cm³/mol. The highest BCUT2D eigenvalue weighted by Crippen LogP contribution is 2.34. The molecule has 1 aliphatic rings. The summed E-state index contributed by atoms with van der Waals surface area (Å²) in [5.41, 5.74) is 1.85. The normalized spacial score (nSPS) is 17.3. The van der Waals surface area contributed by atoms with Crippen LogP contribution in [0, 0.1) is 6.92 Å². The van der Waals surface area contributed by atoms with Crippen LogP contribution in [0.4, 0.5) is 0 Å². The first-order valence-corrected chi connectivity index (χ1v) is 9.58. The number of nitrogens with zero attached hydrogens (tertiary/aromatic N) is 5. The van der Waals surface area contributed by atoms with Gasteiger partial charge in [0.15, 0.2) is 0 Å². The van der Waals surface area contributed by atoms with Crippen LogP contribution in [-0.4, -0.2) is 37.7 Å². The lowest BCUT2D eigenvalue weighted by molar-refractivity contribution is 0.0569. The van der Waals surface area contributed by atoms with Crippen LogP contribution >= 0.6 is 0 Å². The van der Waals surface area contributed by atoms with Gasteiger partial charge in [-0.1, -0.05) is 25.1 Å². The van der Waals surface area contributed by atoms with Crippen molar-refractivity contribution in [2.24, 2.45) is 0 Å². The fraction of sp³-hybridized carbons (Fsp3) is 0.450. The lowest BCUT2D eigenvalue weighted by atomic mass is 9.98. The van der Waals surface area contributed by atoms with E-state index in [1.165, 1.54) is 0 Å². The number of piperidine rings is 1. The number of likely N-dealkylation sites (tertiary alicyclic amines) is 1. The van der Waals surface area contributed by atoms with Crippen molar-refractivity contribution in [2.45, 2.75) is 52.0 Å². The Morgan fingerprint density at radius 2 is 2.11 bits per heavy atom. The zero-order chi connectivity index (χ0) is 19.7. The number of pyridine rings is 1. The first-order chi connectivity index (χ1) is 13.6. The molecule has 0 spiro atoms. The van der Waals surface area contributed by atoms with E-state index in [1.807, 2.05) is 36.9 Å². The molecule has 146 valence electrons. The van der Waals surface area contributed by atoms with Gasteiger partial charge in [0, 0.05) is 12.7 Å². The minimum absolute atomic E-state index is 0.0928. The average molecular weight is 381 g/mol. The second-order valence-corrected chi connectivity index (χ2v) is 7.32. The Hall–Kier alpha value is -3.03. The van der Waals surface area contributed by atoms with Crippen LogP contribution in [-0.2, 0) is 0 Å². The molecule has 0 bridgehead atoms. The van der Waals surface area contributed by atoms with E-state index in [0.29, 0.717) is 41.0 Å². The largest absolute Gasteiger partial charge is 0.417 e. The SMILES string of the molecule is Cc1onc(C(C)C)c1C(=O)N1CCCCC1c1nnc(-c2ccccn2)o1. The molecule has 0 aromatic carbocycles. The van der Waals surface area contributed by atoms with Gasteiger partial charge in [0.05, 0.1) is 5.69 Å². The molecular weight excluding hydrogens is 358 g/mol. The third-order valence-electron chi connectivity index (χ3n) is 5.02. The number of rotatable bonds is 4. The van der Waals surface area contributed by atoms with Gasteiger partial charge in [0.25, 0.3) is 11.8 Å². The third kappa shape index (κ3) is 3.30. The van der Waals surface area contributed by atoms with Crippen LogP contribution in [0.15, 0.2) is 33.3 Å². The molecule has 28 heavy (non-hydrogen) atoms. The van der Waals surface area contributed by atoms with Gasteiger partial charge >= 0.3 is 0 Å². The summed E-state index contributed by atoms with van der Waals surface area (Å²) < 4.78 is 11.2. The van der Waals surface area contributed by atoms with Gasteiger partial charge in [0.2, 0.25) is 5.89 Å². The van der Waals surface area contributed by atoms with E-state index < -0.39 is 0 Å². The maximum atomic E-state index is 13.4. The number of aryl methyl sites for hydroxylation is 1. The molecule has 1 fully saturated rings. The molecule has 1 amide bonds. The van der Waals surface area contributed by atoms with Crippen molar-refractivity contribution in [3.05, 3.63) is 47.3 Å². The van der Waals surface area contributed by atoms with E-state index >= 15 is 0 Å². The van der Waals surface area contributed by atoms with Crippen LogP contribution < -0.4 is 0 Å². The monoisotopic (exact) mass is 381 g/mol. The summed E-state index contributed by atoms with van der Waals surface area (Å²) in [6.07, 6.45) is 4.38. The number of aromatic nitrogens is 4. The molecular formula is C20H23N5O3. The molecule has 3 aromatic rings. The van der Waals surface area contributed by atoms with Crippen molar-refractivity contribution in [3.8, 4) is 11.6 Å². The lowest BCUT2D eigenvalue weighted by Crippen LogP contribution is -2.39. The van der Waals surface area contributed by atoms with E-state index in [9.17, 15) is 4.79 Å². The molecule has 8 nitrogen and oxygen atoms in total. The second-order valence-electron chi connectivity index (χ2n) is 7.32. The number of hydrogen-bond donors (Lipinski definition) is 0. The maximum Gasteiger partial charge on any atom is 0.266 e. The fourth-order valence-electron chi connectivity index (χ4n) is 3.58. The Bertz CT molecular complexity index is 963. The Labute approximate surface area is 162 Å². The van der Waals surface area contributed by atoms with Crippen molar-refractivity contribution >= 4 is 5.91 Å². The van der Waals surface area contributed by atoms with Crippen molar-refractivity contribution < 1.29 is 13.7 Å². The summed E-state index contributed by atoms with van der Waals surface area (Å²) in [5, 5.41) is 12.4. The smallest absolute Gasteiger partial charge is 0.266 e. The first kappa shape index (κ1) is 18.3. The molecule has 3 aromatic heterocycles. The zero-order valence-corrected chi connectivity index (χ0v) is 16.3. The quantitative estimate of drug-likeness (QED) is 0.675. The summed E-state index contributed by atoms with van der Waals surface area (Å²) in [6.45, 7) is 6.40. The fourth-order valence-corrected chi connectivity index (χ4v) is 3.58. The van der Waals surface area contributed by atoms with Gasteiger partial charge in [-0.2, -0.15) is 0 Å². The van der Waals surface area contributed by atoms with Gasteiger partial charge in [-0.3, -0.25) is 9.78 Å². The number of carbonyl (C=O) groups excluding carboxylic acids is 1. The number of carbonyl (C=O) groups is 1. The second kappa shape index (κ2) is 7.53. The highest BCUT2D eigenvalue weighted by atomic mass is 16.5. The third-order valence-corrected chi connectivity index (χ3v) is 5.02. The molecule has 0 N–H and O–H groups in total. The van der Waals surface area contributed by atoms with Crippen LogP contribution in [0.1, 0.15) is 72.8 Å². The van der Waals surface area contributed by atoms with Crippen LogP contribution in [0.25, 0.3) is 11.6 Å². The molecule has 0 saturated carbocycles. The van der Waals surface area contributed by atoms with Crippen molar-refractivity contribution in [1.82, 2.24) is 25.2 Å². The van der Waals surface area contributed by atoms with Crippen molar-refractivity contribution in [3.63, 3.8) is 0 Å². The molecule has 1 saturated heterocycles. The summed E-state index contributed by atoms with van der Waals surface area (Å²) in [7, 11) is 0. The molecule has 0 aliphatic carbocycles. The average Bonchev–Trinajstić information content (AvgIpc) is 3.35. The zero-order valence-electron chi connectivity index (χ0n) is 16.3. The van der Waals surface area contributed by atoms with E-state index in [-0.39, 0.29) is 17.9 Å². The highest BCUT2D eigenvalue weighted by Gasteiger charge is 2.36. The van der Waals surface area contributed by atoms with Crippen molar-refractivity contribution in [2.75, 3.05) is 6.54 Å². The van der Waals surface area contributed by atoms with E-state index in [4.69, 9.17) is 8.94 Å². The Morgan fingerprint density at radius 1 is 1.25 bits per heavy atom. The van der Waals surface area contributed by atoms with Gasteiger partial charge in [-0.05, 0) is 44.2 Å². The molecule has 1 unspecified atom stereocenters. The highest BCUT2D eigenvalue weighted by molar-refractivity contribution is 5.96. The molecule has 8 heteroatoms. The van der Waals surface area contributed by atoms with Gasteiger partial charge in [-0.15, -0.1) is 10.2 Å². The van der Waals surface area contributed by atoms with Crippen LogP contribution in [0.5, 0.6) is 0 Å². The van der Waals surface area contributed by atoms with Gasteiger partial charge in [-0.25, -0.2) is 0 Å². The van der Waals surface area contributed by atoms with Gasteiger partial charge in [0.1, 0.15) is 23.1 Å². The topological polar surface area (TPSA) is 98.2 Å². The standard InChI is InChI=1S/C20H23N5O3/c1-12(2)17-16(13(3)28-24-17)20(26)25-11-7-5-9-15(25)19-23-22-18(27-19)14-8-4-6-10-21-14/h4,6,8,10,12,15H,5,7,9,11H2,1-3H3. The maximum absolute atomic E-state index is 13.4. The van der Waals surface area contributed by atoms with E-state index in [1.54, 1.807) is 13.1 Å². The van der Waals surface area contributed by atoms with E-state index in [0.717, 1.165) is 19.3 Å². The number of amides is 1. The first-order valence-electron chi connectivity index (χ1n) is 9.58. The summed E-state index contributed by atoms with van der Waals surface area (Å²) in [4.78, 5) is 19.4. The Kier molecular flexibility index (Phi) is 4.93. The summed E-state index contributed by atoms with van der Waals surface area (Å²) in [6, 6.07) is 5.25. The number of hydrogen-bond acceptors (Lipinski definition) is 7. The molecule has 4 rings (SSSR count). The minimum atomic E-state index is -0.263. The molecule has 4 heterocycles. The minimum Gasteiger partial charge on any atom is -0.417 e. The van der Waals surface area contributed by atoms with Crippen LogP contribution in [0.3, 0.4) is 0 Å². The van der Waals surface area contributed by atoms with Crippen molar-refractivity contribution in [1.29, 1.82) is 0 Å². The Balaban J connectivity index is 1.65. The molecule has 1 aliphatic heterocycles.